The molecule has 6 atom stereocenters. The van der Waals surface area contributed by atoms with Crippen molar-refractivity contribution in [2.24, 2.45) is 0 Å². The van der Waals surface area contributed by atoms with Gasteiger partial charge in [-0.3, -0.25) is 4.79 Å². The van der Waals surface area contributed by atoms with Crippen molar-refractivity contribution in [2.45, 2.75) is 140 Å². The molecule has 1 aliphatic heterocycles. The molecule has 0 aliphatic carbocycles. The van der Waals surface area contributed by atoms with E-state index in [4.69, 9.17) is 18.9 Å². The molecule has 1 saturated heterocycles. The minimum absolute atomic E-state index is 0.108. The van der Waals surface area contributed by atoms with E-state index in [9.17, 15) is 20.1 Å². The molecule has 37 heavy (non-hydrogen) atoms. The van der Waals surface area contributed by atoms with Crippen LogP contribution < -0.4 is 5.32 Å². The number of rotatable bonds is 23. The third kappa shape index (κ3) is 15.4. The van der Waals surface area contributed by atoms with Crippen LogP contribution in [0.15, 0.2) is 0 Å². The Bertz CT molecular complexity index is 552. The van der Waals surface area contributed by atoms with Crippen molar-refractivity contribution in [1.82, 2.24) is 5.32 Å². The minimum atomic E-state index is -1.34. The maximum atomic E-state index is 11.5. The summed E-state index contributed by atoms with van der Waals surface area (Å²) < 4.78 is 22.5. The maximum Gasteiger partial charge on any atom is 0.217 e. The molecule has 0 aromatic carbocycles. The zero-order chi connectivity index (χ0) is 27.3. The molecule has 9 heteroatoms. The van der Waals surface area contributed by atoms with E-state index in [2.05, 4.69) is 12.2 Å². The summed E-state index contributed by atoms with van der Waals surface area (Å²) in [5.74, 6) is -0.393. The first-order chi connectivity index (χ1) is 17.9. The molecule has 1 fully saturated rings. The van der Waals surface area contributed by atoms with Gasteiger partial charge >= 0.3 is 0 Å². The Hall–Kier alpha value is -0.810. The van der Waals surface area contributed by atoms with Gasteiger partial charge in [0, 0.05) is 20.6 Å². The van der Waals surface area contributed by atoms with Crippen molar-refractivity contribution in [2.75, 3.05) is 33.5 Å². The molecule has 0 radical (unpaired) electrons. The third-order valence-corrected chi connectivity index (χ3v) is 6.98. The standard InChI is InChI=1S/C28H55NO8/c1-4-5-6-7-8-9-10-11-12-13-14-15-16-17-18-35-20-23(34-3)21-36-28-25(29-22(2)31)27(33)26(32)24(19-30)37-28/h23-28,30,32-33H,4-21H2,1-3H3,(H,29,31)/t23-,24+,25+,26+,27+,28+/m1/s1. The average molecular weight is 534 g/mol. The van der Waals surface area contributed by atoms with Crippen molar-refractivity contribution in [3.8, 4) is 0 Å². The Morgan fingerprint density at radius 1 is 0.865 bits per heavy atom. The van der Waals surface area contributed by atoms with Crippen LogP contribution in [0, 0.1) is 0 Å². The number of aliphatic hydroxyl groups is 3. The van der Waals surface area contributed by atoms with Crippen LogP contribution in [-0.4, -0.2) is 91.5 Å². The molecule has 0 aromatic heterocycles. The number of hydrogen-bond donors (Lipinski definition) is 4. The second-order valence-corrected chi connectivity index (χ2v) is 10.3. The van der Waals surface area contributed by atoms with Gasteiger partial charge in [-0.1, -0.05) is 90.4 Å². The van der Waals surface area contributed by atoms with Gasteiger partial charge in [-0.25, -0.2) is 0 Å². The molecule has 1 heterocycles. The third-order valence-electron chi connectivity index (χ3n) is 6.98. The minimum Gasteiger partial charge on any atom is -0.394 e. The van der Waals surface area contributed by atoms with Gasteiger partial charge in [0.2, 0.25) is 5.91 Å². The molecular weight excluding hydrogens is 478 g/mol. The molecule has 0 unspecified atom stereocenters. The highest BCUT2D eigenvalue weighted by Crippen LogP contribution is 2.22. The number of ether oxygens (including phenoxy) is 4. The second kappa shape index (κ2) is 22.1. The zero-order valence-corrected chi connectivity index (χ0v) is 23.6. The Balaban J connectivity index is 2.11. The first-order valence-corrected chi connectivity index (χ1v) is 14.6. The van der Waals surface area contributed by atoms with E-state index in [1.165, 1.54) is 84.0 Å². The van der Waals surface area contributed by atoms with Gasteiger partial charge in [0.05, 0.1) is 19.8 Å². The summed E-state index contributed by atoms with van der Waals surface area (Å²) >= 11 is 0. The zero-order valence-electron chi connectivity index (χ0n) is 23.6. The van der Waals surface area contributed by atoms with Crippen LogP contribution in [0.1, 0.15) is 104 Å². The van der Waals surface area contributed by atoms with Gasteiger partial charge in [-0.05, 0) is 6.42 Å². The molecule has 220 valence electrons. The maximum absolute atomic E-state index is 11.5. The van der Waals surface area contributed by atoms with Crippen LogP contribution in [0.5, 0.6) is 0 Å². The van der Waals surface area contributed by atoms with Crippen molar-refractivity contribution in [3.05, 3.63) is 0 Å². The highest BCUT2D eigenvalue weighted by Gasteiger charge is 2.45. The van der Waals surface area contributed by atoms with Crippen LogP contribution in [0.4, 0.5) is 0 Å². The lowest BCUT2D eigenvalue weighted by Gasteiger charge is -2.42. The highest BCUT2D eigenvalue weighted by atomic mass is 16.7. The molecular formula is C28H55NO8. The Labute approximate surface area is 224 Å². The van der Waals surface area contributed by atoms with Crippen molar-refractivity contribution < 1.29 is 39.1 Å². The molecule has 1 amide bonds. The van der Waals surface area contributed by atoms with Crippen LogP contribution in [0.25, 0.3) is 0 Å². The summed E-state index contributed by atoms with van der Waals surface area (Å²) in [7, 11) is 1.56. The second-order valence-electron chi connectivity index (χ2n) is 10.3. The fourth-order valence-electron chi connectivity index (χ4n) is 4.61. The van der Waals surface area contributed by atoms with Crippen molar-refractivity contribution in [3.63, 3.8) is 0 Å². The number of amides is 1. The van der Waals surface area contributed by atoms with E-state index in [0.29, 0.717) is 13.2 Å². The molecule has 4 N–H and O–H groups in total. The summed E-state index contributed by atoms with van der Waals surface area (Å²) in [5.41, 5.74) is 0. The number of carbonyl (C=O) groups excluding carboxylic acids is 1. The molecule has 0 saturated carbocycles. The molecule has 9 nitrogen and oxygen atoms in total. The number of carbonyl (C=O) groups is 1. The summed E-state index contributed by atoms with van der Waals surface area (Å²) in [6.45, 7) is 4.19. The SMILES string of the molecule is CCCCCCCCCCCCCCCCOC[C@H](CO[C@H]1O[C@@H](CO)[C@H](O)[C@@H](O)[C@@H]1NC(C)=O)OC. The van der Waals surface area contributed by atoms with E-state index in [0.717, 1.165) is 12.8 Å². The van der Waals surface area contributed by atoms with Crippen LogP contribution in [-0.2, 0) is 23.7 Å². The first-order valence-electron chi connectivity index (χ1n) is 14.6. The fourth-order valence-corrected chi connectivity index (χ4v) is 4.61. The van der Waals surface area contributed by atoms with Crippen LogP contribution in [0.3, 0.4) is 0 Å². The lowest BCUT2D eigenvalue weighted by molar-refractivity contribution is -0.275. The number of methoxy groups -OCH3 is 1. The van der Waals surface area contributed by atoms with Crippen molar-refractivity contribution >= 4 is 5.91 Å². The number of hydrogen-bond acceptors (Lipinski definition) is 8. The summed E-state index contributed by atoms with van der Waals surface area (Å²) in [6.07, 6.45) is 13.3. The number of aliphatic hydroxyl groups excluding tert-OH is 3. The quantitative estimate of drug-likeness (QED) is 0.147. The fraction of sp³-hybridized carbons (Fsp3) is 0.964. The van der Waals surface area contributed by atoms with Gasteiger partial charge in [0.15, 0.2) is 6.29 Å². The normalized spacial score (nSPS) is 24.8. The van der Waals surface area contributed by atoms with Gasteiger partial charge in [-0.15, -0.1) is 0 Å². The van der Waals surface area contributed by atoms with Gasteiger partial charge in [0.1, 0.15) is 30.5 Å². The number of unbranched alkanes of at least 4 members (excludes halogenated alkanes) is 13. The molecule has 0 spiro atoms. The van der Waals surface area contributed by atoms with E-state index in [1.54, 1.807) is 7.11 Å². The van der Waals surface area contributed by atoms with E-state index < -0.39 is 43.2 Å². The smallest absolute Gasteiger partial charge is 0.217 e. The first kappa shape index (κ1) is 34.2. The predicted octanol–water partition coefficient (Wildman–Crippen LogP) is 3.46. The lowest BCUT2D eigenvalue weighted by Crippen LogP contribution is -2.64. The monoisotopic (exact) mass is 533 g/mol. The topological polar surface area (TPSA) is 127 Å². The van der Waals surface area contributed by atoms with E-state index in [1.807, 2.05) is 0 Å². The van der Waals surface area contributed by atoms with E-state index in [-0.39, 0.29) is 12.7 Å². The predicted molar refractivity (Wildman–Crippen MR) is 143 cm³/mol. The van der Waals surface area contributed by atoms with Gasteiger partial charge in [0.25, 0.3) is 0 Å². The van der Waals surface area contributed by atoms with Gasteiger partial charge < -0.3 is 39.6 Å². The lowest BCUT2D eigenvalue weighted by atomic mass is 9.97. The summed E-state index contributed by atoms with van der Waals surface area (Å²) in [5, 5.41) is 32.4. The largest absolute Gasteiger partial charge is 0.394 e. The van der Waals surface area contributed by atoms with Crippen LogP contribution >= 0.6 is 0 Å². The summed E-state index contributed by atoms with van der Waals surface area (Å²) in [4.78, 5) is 11.5. The number of nitrogens with one attached hydrogen (secondary N) is 1. The molecule has 1 rings (SSSR count). The Morgan fingerprint density at radius 3 is 1.89 bits per heavy atom. The van der Waals surface area contributed by atoms with E-state index >= 15 is 0 Å². The highest BCUT2D eigenvalue weighted by molar-refractivity contribution is 5.73. The average Bonchev–Trinajstić information content (AvgIpc) is 2.89. The summed E-state index contributed by atoms with van der Waals surface area (Å²) in [6, 6.07) is -0.968. The Kier molecular flexibility index (Phi) is 20.4. The van der Waals surface area contributed by atoms with Gasteiger partial charge in [-0.2, -0.15) is 0 Å². The molecule has 1 aliphatic rings. The van der Waals surface area contributed by atoms with Crippen LogP contribution in [0.2, 0.25) is 0 Å². The van der Waals surface area contributed by atoms with Crippen molar-refractivity contribution in [1.29, 1.82) is 0 Å². The molecule has 0 bridgehead atoms. The molecule has 0 aromatic rings. The Morgan fingerprint density at radius 2 is 1.41 bits per heavy atom.